The van der Waals surface area contributed by atoms with E-state index in [0.29, 0.717) is 0 Å². The summed E-state index contributed by atoms with van der Waals surface area (Å²) in [7, 11) is 0. The first kappa shape index (κ1) is 14.3. The number of benzene rings is 3. The van der Waals surface area contributed by atoms with Crippen LogP contribution < -0.4 is 22.1 Å². The van der Waals surface area contributed by atoms with E-state index >= 15 is 0 Å². The summed E-state index contributed by atoms with van der Waals surface area (Å²) >= 11 is 0. The van der Waals surface area contributed by atoms with Crippen LogP contribution in [-0.2, 0) is 0 Å². The molecule has 22 heavy (non-hydrogen) atoms. The maximum Gasteiger partial charge on any atom is 0.128 e. The first-order chi connectivity index (χ1) is 10.6. The molecule has 3 aromatic rings. The molecule has 0 unspecified atom stereocenters. The van der Waals surface area contributed by atoms with E-state index < -0.39 is 0 Å². The van der Waals surface area contributed by atoms with E-state index in [1.807, 2.05) is 36.4 Å². The molecule has 0 aliphatic heterocycles. The van der Waals surface area contributed by atoms with Gasteiger partial charge in [-0.15, -0.1) is 0 Å². The molecule has 0 aliphatic carbocycles. The van der Waals surface area contributed by atoms with E-state index in [9.17, 15) is 0 Å². The van der Waals surface area contributed by atoms with Crippen LogP contribution in [0.5, 0.6) is 0 Å². The Morgan fingerprint density at radius 3 is 0.864 bits per heavy atom. The van der Waals surface area contributed by atoms with Crippen molar-refractivity contribution in [3.63, 3.8) is 0 Å². The smallest absolute Gasteiger partial charge is 0.128 e. The molecule has 0 heterocycles. The quantitative estimate of drug-likeness (QED) is 0.675. The molecule has 0 spiro atoms. The van der Waals surface area contributed by atoms with Gasteiger partial charge in [0.1, 0.15) is 17.1 Å². The lowest BCUT2D eigenvalue weighted by atomic mass is 10.1. The van der Waals surface area contributed by atoms with Crippen LogP contribution in [0.25, 0.3) is 0 Å². The molecule has 0 saturated heterocycles. The van der Waals surface area contributed by atoms with E-state index in [4.69, 9.17) is 0 Å². The first-order valence-electron chi connectivity index (χ1n) is 7.20. The van der Waals surface area contributed by atoms with Gasteiger partial charge < -0.3 is 22.1 Å². The molecule has 0 saturated carbocycles. The zero-order chi connectivity index (χ0) is 15.5. The van der Waals surface area contributed by atoms with Gasteiger partial charge in [-0.05, 0) is 36.4 Å². The van der Waals surface area contributed by atoms with Gasteiger partial charge >= 0.3 is 0 Å². The van der Waals surface area contributed by atoms with Gasteiger partial charge in [0, 0.05) is 53.5 Å². The SMILES string of the molecule is [NH3+]c1ccc(N(c2ccc([NH3+])cc2)c2ccc([NH3+])cc2)cc1. The van der Waals surface area contributed by atoms with Crippen LogP contribution in [0.15, 0.2) is 72.8 Å². The van der Waals surface area contributed by atoms with Gasteiger partial charge in [0.25, 0.3) is 0 Å². The maximum absolute atomic E-state index is 3.95. The van der Waals surface area contributed by atoms with Crippen LogP contribution in [0, 0.1) is 0 Å². The lowest BCUT2D eigenvalue weighted by molar-refractivity contribution is -0.255. The third-order valence-electron chi connectivity index (χ3n) is 3.58. The minimum atomic E-state index is 1.00. The summed E-state index contributed by atoms with van der Waals surface area (Å²) in [5, 5.41) is 0. The van der Waals surface area contributed by atoms with Gasteiger partial charge in [-0.2, -0.15) is 0 Å². The molecule has 110 valence electrons. The monoisotopic (exact) mass is 293 g/mol. The molecule has 0 aliphatic rings. The highest BCUT2D eigenvalue weighted by molar-refractivity contribution is 5.77. The highest BCUT2D eigenvalue weighted by Crippen LogP contribution is 2.34. The number of quaternary nitrogens is 3. The van der Waals surface area contributed by atoms with Crippen molar-refractivity contribution in [3.05, 3.63) is 72.8 Å². The van der Waals surface area contributed by atoms with Crippen molar-refractivity contribution in [1.82, 2.24) is 0 Å². The average molecular weight is 293 g/mol. The minimum absolute atomic E-state index is 1.00. The maximum atomic E-state index is 3.95. The van der Waals surface area contributed by atoms with Gasteiger partial charge in [-0.3, -0.25) is 0 Å². The molecular formula is C18H21N4+3. The molecule has 4 heteroatoms. The molecule has 0 atom stereocenters. The van der Waals surface area contributed by atoms with Crippen molar-refractivity contribution >= 4 is 34.1 Å². The molecule has 0 fully saturated rings. The molecule has 9 N–H and O–H groups in total. The van der Waals surface area contributed by atoms with Crippen LogP contribution >= 0.6 is 0 Å². The van der Waals surface area contributed by atoms with Gasteiger partial charge in [0.05, 0.1) is 0 Å². The van der Waals surface area contributed by atoms with Crippen molar-refractivity contribution in [2.24, 2.45) is 0 Å². The van der Waals surface area contributed by atoms with Crippen LogP contribution in [0.1, 0.15) is 0 Å². The average Bonchev–Trinajstić information content (AvgIpc) is 2.53. The second-order valence-corrected chi connectivity index (χ2v) is 5.33. The zero-order valence-corrected chi connectivity index (χ0v) is 12.5. The number of anilines is 3. The van der Waals surface area contributed by atoms with Gasteiger partial charge in [0.2, 0.25) is 0 Å². The Balaban J connectivity index is 2.10. The molecule has 3 aromatic carbocycles. The standard InChI is InChI=1S/C18H18N4/c19-13-1-7-16(8-2-13)22(17-9-3-14(20)4-10-17)18-11-5-15(21)6-12-18/h1-12H,19-21H2/p+3. The van der Waals surface area contributed by atoms with Crippen LogP contribution in [-0.4, -0.2) is 0 Å². The van der Waals surface area contributed by atoms with Crippen LogP contribution in [0.4, 0.5) is 34.1 Å². The third-order valence-corrected chi connectivity index (χ3v) is 3.58. The Morgan fingerprint density at radius 1 is 0.409 bits per heavy atom. The summed E-state index contributed by atoms with van der Waals surface area (Å²) < 4.78 is 0. The topological polar surface area (TPSA) is 86.2 Å². The van der Waals surface area contributed by atoms with Crippen molar-refractivity contribution in [2.75, 3.05) is 4.90 Å². The number of rotatable bonds is 3. The molecule has 0 amide bonds. The highest BCUT2D eigenvalue weighted by atomic mass is 15.1. The fraction of sp³-hybridized carbons (Fsp3) is 0. The second-order valence-electron chi connectivity index (χ2n) is 5.33. The van der Waals surface area contributed by atoms with E-state index in [0.717, 1.165) is 34.1 Å². The number of nitrogens with zero attached hydrogens (tertiary/aromatic N) is 1. The van der Waals surface area contributed by atoms with Crippen molar-refractivity contribution < 1.29 is 17.2 Å². The van der Waals surface area contributed by atoms with Gasteiger partial charge in [0.15, 0.2) is 0 Å². The summed E-state index contributed by atoms with van der Waals surface area (Å²) in [4.78, 5) is 2.21. The minimum Gasteiger partial charge on any atom is -0.325 e. The Hall–Kier alpha value is -2.66. The fourth-order valence-corrected chi connectivity index (χ4v) is 2.38. The Kier molecular flexibility index (Phi) is 3.89. The lowest BCUT2D eigenvalue weighted by Gasteiger charge is -2.25. The van der Waals surface area contributed by atoms with Crippen molar-refractivity contribution in [1.29, 1.82) is 0 Å². The molecule has 4 nitrogen and oxygen atoms in total. The second kappa shape index (κ2) is 5.99. The largest absolute Gasteiger partial charge is 0.325 e. The Bertz CT molecular complexity index is 638. The number of hydrogen-bond acceptors (Lipinski definition) is 1. The Labute approximate surface area is 129 Å². The van der Waals surface area contributed by atoms with Crippen molar-refractivity contribution in [2.45, 2.75) is 0 Å². The number of hydrogen-bond donors (Lipinski definition) is 3. The summed E-state index contributed by atoms with van der Waals surface area (Å²) in [5.41, 5.74) is 18.2. The van der Waals surface area contributed by atoms with Gasteiger partial charge in [-0.1, -0.05) is 0 Å². The summed E-state index contributed by atoms with van der Waals surface area (Å²) in [6, 6.07) is 24.6. The predicted octanol–water partition coefficient (Wildman–Crippen LogP) is 1.78. The van der Waals surface area contributed by atoms with E-state index in [1.54, 1.807) is 0 Å². The summed E-state index contributed by atoms with van der Waals surface area (Å²) in [6.45, 7) is 0. The third kappa shape index (κ3) is 2.99. The predicted molar refractivity (Wildman–Crippen MR) is 88.8 cm³/mol. The lowest BCUT2D eigenvalue weighted by Crippen LogP contribution is -2.40. The molecule has 0 aromatic heterocycles. The zero-order valence-electron chi connectivity index (χ0n) is 12.5. The molecular weight excluding hydrogens is 272 g/mol. The molecule has 0 radical (unpaired) electrons. The fourth-order valence-electron chi connectivity index (χ4n) is 2.38. The van der Waals surface area contributed by atoms with E-state index in [-0.39, 0.29) is 0 Å². The Morgan fingerprint density at radius 2 is 0.636 bits per heavy atom. The van der Waals surface area contributed by atoms with E-state index in [2.05, 4.69) is 58.5 Å². The molecule has 0 bridgehead atoms. The van der Waals surface area contributed by atoms with Crippen LogP contribution in [0.2, 0.25) is 0 Å². The van der Waals surface area contributed by atoms with E-state index in [1.165, 1.54) is 0 Å². The van der Waals surface area contributed by atoms with Crippen molar-refractivity contribution in [3.8, 4) is 0 Å². The first-order valence-corrected chi connectivity index (χ1v) is 7.20. The normalized spacial score (nSPS) is 10.5. The summed E-state index contributed by atoms with van der Waals surface area (Å²) in [6.07, 6.45) is 0. The summed E-state index contributed by atoms with van der Waals surface area (Å²) in [5.74, 6) is 0. The highest BCUT2D eigenvalue weighted by Gasteiger charge is 2.12. The molecule has 3 rings (SSSR count). The van der Waals surface area contributed by atoms with Crippen LogP contribution in [0.3, 0.4) is 0 Å². The van der Waals surface area contributed by atoms with Gasteiger partial charge in [-0.25, -0.2) is 0 Å².